The molecule has 1 aromatic carbocycles. The number of nitrogens with zero attached hydrogens (tertiary/aromatic N) is 6. The van der Waals surface area contributed by atoms with Crippen molar-refractivity contribution in [2.24, 2.45) is 13.0 Å². The zero-order valence-corrected chi connectivity index (χ0v) is 21.3. The number of carbonyl (C=O) groups is 2. The highest BCUT2D eigenvalue weighted by Gasteiger charge is 2.33. The van der Waals surface area contributed by atoms with Crippen LogP contribution in [0.4, 0.5) is 0 Å². The van der Waals surface area contributed by atoms with Crippen LogP contribution in [0.25, 0.3) is 0 Å². The van der Waals surface area contributed by atoms with Crippen molar-refractivity contribution in [3.05, 3.63) is 71.8 Å². The van der Waals surface area contributed by atoms with E-state index in [4.69, 9.17) is 0 Å². The fourth-order valence-electron chi connectivity index (χ4n) is 4.73. The first kappa shape index (κ1) is 24.9. The first-order valence-electron chi connectivity index (χ1n) is 11.9. The van der Waals surface area contributed by atoms with E-state index in [1.807, 2.05) is 55.1 Å². The van der Waals surface area contributed by atoms with Crippen molar-refractivity contribution in [3.8, 4) is 0 Å². The van der Waals surface area contributed by atoms with Crippen molar-refractivity contribution >= 4 is 23.6 Å². The molecule has 0 N–H and O–H groups in total. The van der Waals surface area contributed by atoms with Crippen LogP contribution in [0, 0.1) is 12.8 Å². The molecular weight excluding hydrogens is 460 g/mol. The molecule has 2 amide bonds. The van der Waals surface area contributed by atoms with Crippen molar-refractivity contribution < 1.29 is 9.59 Å². The SMILES string of the molecule is Cc1cc(C(=O)N(C)[C@@H](Cc2ccccc2)C2CCN(C(=O)CSc3ncccn3)CC2)n(C)n1. The summed E-state index contributed by atoms with van der Waals surface area (Å²) >= 11 is 1.37. The average Bonchev–Trinajstić information content (AvgIpc) is 3.24. The van der Waals surface area contributed by atoms with Crippen LogP contribution in [-0.4, -0.2) is 73.3 Å². The summed E-state index contributed by atoms with van der Waals surface area (Å²) in [6.07, 6.45) is 5.86. The van der Waals surface area contributed by atoms with Crippen LogP contribution in [0.15, 0.2) is 60.0 Å². The molecule has 184 valence electrons. The molecule has 0 saturated carbocycles. The number of hydrogen-bond donors (Lipinski definition) is 0. The number of amides is 2. The Morgan fingerprint density at radius 1 is 1.11 bits per heavy atom. The lowest BCUT2D eigenvalue weighted by atomic mass is 9.85. The van der Waals surface area contributed by atoms with E-state index in [1.54, 1.807) is 23.1 Å². The van der Waals surface area contributed by atoms with Crippen LogP contribution in [0.1, 0.15) is 34.6 Å². The van der Waals surface area contributed by atoms with Gasteiger partial charge in [-0.1, -0.05) is 42.1 Å². The molecule has 1 saturated heterocycles. The average molecular weight is 493 g/mol. The molecule has 0 unspecified atom stereocenters. The van der Waals surface area contributed by atoms with Crippen molar-refractivity contribution in [1.29, 1.82) is 0 Å². The largest absolute Gasteiger partial charge is 0.342 e. The van der Waals surface area contributed by atoms with Gasteiger partial charge in [0.05, 0.1) is 11.4 Å². The normalized spacial score (nSPS) is 15.1. The summed E-state index contributed by atoms with van der Waals surface area (Å²) in [5.74, 6) is 0.718. The highest BCUT2D eigenvalue weighted by atomic mass is 32.2. The molecule has 1 fully saturated rings. The minimum absolute atomic E-state index is 0.0215. The lowest BCUT2D eigenvalue weighted by Crippen LogP contribution is -2.49. The molecular formula is C26H32N6O2S. The maximum absolute atomic E-state index is 13.4. The fraction of sp³-hybridized carbons (Fsp3) is 0.423. The van der Waals surface area contributed by atoms with Crippen molar-refractivity contribution in [2.45, 2.75) is 37.4 Å². The molecule has 0 radical (unpaired) electrons. The molecule has 0 spiro atoms. The van der Waals surface area contributed by atoms with Gasteiger partial charge in [0.1, 0.15) is 5.69 Å². The van der Waals surface area contributed by atoms with Crippen LogP contribution < -0.4 is 0 Å². The van der Waals surface area contributed by atoms with Crippen molar-refractivity contribution in [3.63, 3.8) is 0 Å². The van der Waals surface area contributed by atoms with Crippen LogP contribution in [-0.2, 0) is 18.3 Å². The summed E-state index contributed by atoms with van der Waals surface area (Å²) in [6.45, 7) is 3.28. The van der Waals surface area contributed by atoms with Crippen molar-refractivity contribution in [1.82, 2.24) is 29.5 Å². The van der Waals surface area contributed by atoms with E-state index in [-0.39, 0.29) is 17.9 Å². The summed E-state index contributed by atoms with van der Waals surface area (Å²) in [6, 6.07) is 13.9. The number of likely N-dealkylation sites (tertiary alicyclic amines) is 1. The fourth-order valence-corrected chi connectivity index (χ4v) is 5.43. The van der Waals surface area contributed by atoms with E-state index in [9.17, 15) is 9.59 Å². The van der Waals surface area contributed by atoms with E-state index in [1.165, 1.54) is 17.3 Å². The van der Waals surface area contributed by atoms with Gasteiger partial charge in [0.2, 0.25) is 5.91 Å². The van der Waals surface area contributed by atoms with Crippen LogP contribution in [0.3, 0.4) is 0 Å². The van der Waals surface area contributed by atoms with Gasteiger partial charge >= 0.3 is 0 Å². The Labute approximate surface area is 210 Å². The van der Waals surface area contributed by atoms with Crippen LogP contribution in [0.5, 0.6) is 0 Å². The molecule has 35 heavy (non-hydrogen) atoms. The van der Waals surface area contributed by atoms with Gasteiger partial charge in [-0.05, 0) is 49.8 Å². The van der Waals surface area contributed by atoms with Gasteiger partial charge < -0.3 is 9.80 Å². The van der Waals surface area contributed by atoms with E-state index >= 15 is 0 Å². The number of carbonyl (C=O) groups excluding carboxylic acids is 2. The first-order valence-corrected chi connectivity index (χ1v) is 12.9. The predicted molar refractivity (Wildman–Crippen MR) is 136 cm³/mol. The van der Waals surface area contributed by atoms with Crippen molar-refractivity contribution in [2.75, 3.05) is 25.9 Å². The minimum Gasteiger partial charge on any atom is -0.342 e. The van der Waals surface area contributed by atoms with Gasteiger partial charge in [0.15, 0.2) is 5.16 Å². The van der Waals surface area contributed by atoms with E-state index < -0.39 is 0 Å². The van der Waals surface area contributed by atoms with Gasteiger partial charge in [0, 0.05) is 45.6 Å². The lowest BCUT2D eigenvalue weighted by Gasteiger charge is -2.40. The minimum atomic E-state index is -0.0215. The number of thioether (sulfide) groups is 1. The van der Waals surface area contributed by atoms with Gasteiger partial charge in [-0.2, -0.15) is 5.10 Å². The summed E-state index contributed by atoms with van der Waals surface area (Å²) in [5.41, 5.74) is 2.63. The van der Waals surface area contributed by atoms with E-state index in [0.717, 1.165) is 25.0 Å². The zero-order chi connectivity index (χ0) is 24.8. The molecule has 1 aliphatic rings. The van der Waals surface area contributed by atoms with Gasteiger partial charge in [-0.15, -0.1) is 0 Å². The van der Waals surface area contributed by atoms with Crippen LogP contribution in [0.2, 0.25) is 0 Å². The Bertz CT molecular complexity index is 1130. The third kappa shape index (κ3) is 6.28. The number of piperidine rings is 1. The number of likely N-dealkylation sites (N-methyl/N-ethyl adjacent to an activating group) is 1. The molecule has 4 rings (SSSR count). The Kier molecular flexibility index (Phi) is 8.17. The second kappa shape index (κ2) is 11.5. The summed E-state index contributed by atoms with van der Waals surface area (Å²) in [4.78, 5) is 38.4. The topological polar surface area (TPSA) is 84.2 Å². The summed E-state index contributed by atoms with van der Waals surface area (Å²) in [7, 11) is 3.70. The smallest absolute Gasteiger partial charge is 0.272 e. The second-order valence-corrected chi connectivity index (χ2v) is 9.95. The molecule has 1 aliphatic heterocycles. The molecule has 0 aliphatic carbocycles. The Balaban J connectivity index is 1.42. The van der Waals surface area contributed by atoms with Crippen LogP contribution >= 0.6 is 11.8 Å². The Hall–Kier alpha value is -3.20. The lowest BCUT2D eigenvalue weighted by molar-refractivity contribution is -0.130. The summed E-state index contributed by atoms with van der Waals surface area (Å²) in [5, 5.41) is 4.97. The number of aryl methyl sites for hydroxylation is 2. The van der Waals surface area contributed by atoms with Gasteiger partial charge in [0.25, 0.3) is 5.91 Å². The number of hydrogen-bond acceptors (Lipinski definition) is 6. The quantitative estimate of drug-likeness (QED) is 0.355. The molecule has 1 atom stereocenters. The van der Waals surface area contributed by atoms with E-state index in [0.29, 0.717) is 35.6 Å². The predicted octanol–water partition coefficient (Wildman–Crippen LogP) is 3.23. The van der Waals surface area contributed by atoms with Gasteiger partial charge in [-0.3, -0.25) is 14.3 Å². The third-order valence-corrected chi connectivity index (χ3v) is 7.49. The number of rotatable bonds is 8. The number of benzene rings is 1. The molecule has 3 heterocycles. The standard InChI is InChI=1S/C26H32N6O2S/c1-19-16-23(31(3)29-19)25(34)30(2)22(17-20-8-5-4-6-9-20)21-10-14-32(15-11-21)24(33)18-35-26-27-12-7-13-28-26/h4-9,12-13,16,21-22H,10-11,14-15,17-18H2,1-3H3/t22-/m0/s1. The molecule has 9 heteroatoms. The van der Waals surface area contributed by atoms with E-state index in [2.05, 4.69) is 27.2 Å². The Morgan fingerprint density at radius 2 is 1.80 bits per heavy atom. The molecule has 3 aromatic rings. The maximum Gasteiger partial charge on any atom is 0.272 e. The number of aromatic nitrogens is 4. The van der Waals surface area contributed by atoms with Gasteiger partial charge in [-0.25, -0.2) is 9.97 Å². The highest BCUT2D eigenvalue weighted by molar-refractivity contribution is 7.99. The monoisotopic (exact) mass is 492 g/mol. The maximum atomic E-state index is 13.4. The zero-order valence-electron chi connectivity index (χ0n) is 20.5. The molecule has 8 nitrogen and oxygen atoms in total. The highest BCUT2D eigenvalue weighted by Crippen LogP contribution is 2.28. The summed E-state index contributed by atoms with van der Waals surface area (Å²) < 4.78 is 1.66. The molecule has 0 bridgehead atoms. The first-order chi connectivity index (χ1) is 16.9. The second-order valence-electron chi connectivity index (χ2n) is 9.01. The Morgan fingerprint density at radius 3 is 2.43 bits per heavy atom. The molecule has 2 aromatic heterocycles. The third-order valence-electron chi connectivity index (χ3n) is 6.63.